The number of aryl methyl sites for hydroxylation is 2. The van der Waals surface area contributed by atoms with Crippen LogP contribution in [0.2, 0.25) is 0 Å². The molecule has 0 saturated heterocycles. The summed E-state index contributed by atoms with van der Waals surface area (Å²) in [4.78, 5) is 0. The molecule has 0 fully saturated rings. The first-order valence-corrected chi connectivity index (χ1v) is 7.01. The molecule has 0 spiro atoms. The maximum absolute atomic E-state index is 13.5. The van der Waals surface area contributed by atoms with Gasteiger partial charge in [-0.15, -0.1) is 0 Å². The third kappa shape index (κ3) is 3.23. The Hall–Kier alpha value is -1.19. The van der Waals surface area contributed by atoms with Gasteiger partial charge in [-0.3, -0.25) is 0 Å². The smallest absolute Gasteiger partial charge is 0.123 e. The summed E-state index contributed by atoms with van der Waals surface area (Å²) in [5.41, 5.74) is 4.18. The highest BCUT2D eigenvalue weighted by molar-refractivity contribution is 9.10. The number of halogens is 2. The predicted molar refractivity (Wildman–Crippen MR) is 80.9 cm³/mol. The number of hydrogen-bond donors (Lipinski definition) is 1. The fourth-order valence-corrected chi connectivity index (χ4v) is 2.64. The second-order valence-corrected chi connectivity index (χ2v) is 5.65. The van der Waals surface area contributed by atoms with E-state index in [1.807, 2.05) is 20.0 Å². The van der Waals surface area contributed by atoms with E-state index in [4.69, 9.17) is 0 Å². The lowest BCUT2D eigenvalue weighted by Crippen LogP contribution is -2.18. The van der Waals surface area contributed by atoms with Crippen LogP contribution in [0.15, 0.2) is 40.9 Å². The van der Waals surface area contributed by atoms with Gasteiger partial charge in [0, 0.05) is 4.47 Å². The van der Waals surface area contributed by atoms with Crippen LogP contribution in [0.5, 0.6) is 0 Å². The molecular weight excluding hydrogens is 305 g/mol. The number of hydrogen-bond acceptors (Lipinski definition) is 1. The fourth-order valence-electron chi connectivity index (χ4n) is 2.25. The van der Waals surface area contributed by atoms with Crippen molar-refractivity contribution in [3.05, 3.63) is 68.9 Å². The second-order valence-electron chi connectivity index (χ2n) is 4.79. The van der Waals surface area contributed by atoms with E-state index in [0.717, 1.165) is 21.2 Å². The van der Waals surface area contributed by atoms with Crippen LogP contribution in [0, 0.1) is 19.7 Å². The Morgan fingerprint density at radius 3 is 2.37 bits per heavy atom. The monoisotopic (exact) mass is 321 g/mol. The molecule has 2 aromatic rings. The molecular formula is C16H17BrFN. The van der Waals surface area contributed by atoms with Crippen LogP contribution in [0.3, 0.4) is 0 Å². The topological polar surface area (TPSA) is 12.0 Å². The van der Waals surface area contributed by atoms with Crippen molar-refractivity contribution >= 4 is 15.9 Å². The minimum absolute atomic E-state index is 0.00806. The first-order chi connectivity index (χ1) is 9.01. The first-order valence-electron chi connectivity index (χ1n) is 6.21. The lowest BCUT2D eigenvalue weighted by atomic mass is 9.96. The molecule has 2 rings (SSSR count). The lowest BCUT2D eigenvalue weighted by Gasteiger charge is -2.19. The molecule has 0 heterocycles. The normalized spacial score (nSPS) is 12.5. The van der Waals surface area contributed by atoms with Crippen LogP contribution in [-0.2, 0) is 0 Å². The molecule has 1 atom stereocenters. The van der Waals surface area contributed by atoms with E-state index < -0.39 is 0 Å². The van der Waals surface area contributed by atoms with Gasteiger partial charge in [-0.25, -0.2) is 4.39 Å². The largest absolute Gasteiger partial charge is 0.309 e. The third-order valence-electron chi connectivity index (χ3n) is 3.22. The molecule has 2 aromatic carbocycles. The van der Waals surface area contributed by atoms with Crippen LogP contribution in [0.25, 0.3) is 0 Å². The van der Waals surface area contributed by atoms with E-state index in [9.17, 15) is 4.39 Å². The van der Waals surface area contributed by atoms with Crippen molar-refractivity contribution in [1.82, 2.24) is 5.32 Å². The third-order valence-corrected chi connectivity index (χ3v) is 4.07. The molecule has 0 bridgehead atoms. The molecule has 0 aliphatic heterocycles. The highest BCUT2D eigenvalue weighted by Crippen LogP contribution is 2.27. The van der Waals surface area contributed by atoms with Crippen molar-refractivity contribution in [3.8, 4) is 0 Å². The zero-order valence-electron chi connectivity index (χ0n) is 11.3. The molecule has 0 amide bonds. The summed E-state index contributed by atoms with van der Waals surface area (Å²) in [7, 11) is 1.89. The Morgan fingerprint density at radius 2 is 1.79 bits per heavy atom. The molecule has 0 aromatic heterocycles. The minimum atomic E-state index is -0.193. The van der Waals surface area contributed by atoms with Crippen LogP contribution >= 0.6 is 15.9 Å². The fraction of sp³-hybridized carbons (Fsp3) is 0.250. The second kappa shape index (κ2) is 5.85. The Bertz CT molecular complexity index is 575. The maximum Gasteiger partial charge on any atom is 0.123 e. The van der Waals surface area contributed by atoms with Gasteiger partial charge in [0.15, 0.2) is 0 Å². The number of rotatable bonds is 3. The van der Waals surface area contributed by atoms with Gasteiger partial charge in [0.1, 0.15) is 5.82 Å². The molecule has 1 unspecified atom stereocenters. The van der Waals surface area contributed by atoms with Gasteiger partial charge in [-0.05, 0) is 61.3 Å². The molecule has 0 aliphatic carbocycles. The van der Waals surface area contributed by atoms with Crippen LogP contribution in [0.1, 0.15) is 28.3 Å². The average molecular weight is 322 g/mol. The summed E-state index contributed by atoms with van der Waals surface area (Å²) < 4.78 is 14.6. The lowest BCUT2D eigenvalue weighted by molar-refractivity contribution is 0.615. The quantitative estimate of drug-likeness (QED) is 0.876. The SMILES string of the molecule is CNC(c1cc(C)cc(F)c1)c1ccc(C)c(Br)c1. The summed E-state index contributed by atoms with van der Waals surface area (Å²) in [5, 5.41) is 3.25. The zero-order chi connectivity index (χ0) is 14.0. The highest BCUT2D eigenvalue weighted by atomic mass is 79.9. The zero-order valence-corrected chi connectivity index (χ0v) is 12.9. The minimum Gasteiger partial charge on any atom is -0.309 e. The Labute approximate surface area is 122 Å². The van der Waals surface area contributed by atoms with E-state index in [2.05, 4.69) is 46.4 Å². The average Bonchev–Trinajstić information content (AvgIpc) is 2.33. The van der Waals surface area contributed by atoms with E-state index in [-0.39, 0.29) is 11.9 Å². The summed E-state index contributed by atoms with van der Waals surface area (Å²) in [5.74, 6) is -0.193. The first kappa shape index (κ1) is 14.2. The summed E-state index contributed by atoms with van der Waals surface area (Å²) >= 11 is 3.54. The van der Waals surface area contributed by atoms with Crippen LogP contribution in [-0.4, -0.2) is 7.05 Å². The van der Waals surface area contributed by atoms with Crippen molar-refractivity contribution in [3.63, 3.8) is 0 Å². The molecule has 3 heteroatoms. The van der Waals surface area contributed by atoms with Gasteiger partial charge in [0.05, 0.1) is 6.04 Å². The molecule has 0 saturated carbocycles. The molecule has 0 radical (unpaired) electrons. The van der Waals surface area contributed by atoms with E-state index in [0.29, 0.717) is 0 Å². The molecule has 19 heavy (non-hydrogen) atoms. The maximum atomic E-state index is 13.5. The summed E-state index contributed by atoms with van der Waals surface area (Å²) in [6, 6.07) is 11.3. The van der Waals surface area contributed by atoms with Gasteiger partial charge >= 0.3 is 0 Å². The van der Waals surface area contributed by atoms with Gasteiger partial charge in [-0.1, -0.05) is 34.1 Å². The van der Waals surface area contributed by atoms with Gasteiger partial charge in [0.2, 0.25) is 0 Å². The van der Waals surface area contributed by atoms with Crippen LogP contribution < -0.4 is 5.32 Å². The van der Waals surface area contributed by atoms with Gasteiger partial charge in [0.25, 0.3) is 0 Å². The number of nitrogens with one attached hydrogen (secondary N) is 1. The molecule has 0 aliphatic rings. The Morgan fingerprint density at radius 1 is 1.05 bits per heavy atom. The van der Waals surface area contributed by atoms with E-state index in [1.54, 1.807) is 12.1 Å². The predicted octanol–water partition coefficient (Wildman–Crippen LogP) is 4.51. The van der Waals surface area contributed by atoms with E-state index in [1.165, 1.54) is 5.56 Å². The van der Waals surface area contributed by atoms with E-state index >= 15 is 0 Å². The Balaban J connectivity index is 2.46. The molecule has 100 valence electrons. The van der Waals surface area contributed by atoms with Gasteiger partial charge in [-0.2, -0.15) is 0 Å². The van der Waals surface area contributed by atoms with Crippen molar-refractivity contribution in [2.75, 3.05) is 7.05 Å². The van der Waals surface area contributed by atoms with Crippen molar-refractivity contribution < 1.29 is 4.39 Å². The van der Waals surface area contributed by atoms with Crippen molar-refractivity contribution in [2.45, 2.75) is 19.9 Å². The summed E-state index contributed by atoms with van der Waals surface area (Å²) in [6.45, 7) is 3.96. The number of benzene rings is 2. The molecule has 1 N–H and O–H groups in total. The van der Waals surface area contributed by atoms with Gasteiger partial charge < -0.3 is 5.32 Å². The van der Waals surface area contributed by atoms with Crippen molar-refractivity contribution in [2.24, 2.45) is 0 Å². The highest BCUT2D eigenvalue weighted by Gasteiger charge is 2.14. The Kier molecular flexibility index (Phi) is 4.38. The standard InChI is InChI=1S/C16H17BrFN/c1-10-6-13(8-14(18)7-10)16(19-3)12-5-4-11(2)15(17)9-12/h4-9,16,19H,1-3H3. The summed E-state index contributed by atoms with van der Waals surface area (Å²) in [6.07, 6.45) is 0. The molecule has 1 nitrogen and oxygen atoms in total. The van der Waals surface area contributed by atoms with Crippen LogP contribution in [0.4, 0.5) is 4.39 Å². The van der Waals surface area contributed by atoms with Crippen molar-refractivity contribution in [1.29, 1.82) is 0 Å².